The van der Waals surface area contributed by atoms with Gasteiger partial charge in [-0.2, -0.15) is 0 Å². The predicted octanol–water partition coefficient (Wildman–Crippen LogP) is 3.58. The topological polar surface area (TPSA) is 21.3 Å². The van der Waals surface area contributed by atoms with Crippen molar-refractivity contribution in [3.05, 3.63) is 29.3 Å². The Morgan fingerprint density at radius 3 is 2.74 bits per heavy atom. The van der Waals surface area contributed by atoms with Crippen LogP contribution in [-0.2, 0) is 12.8 Å². The third kappa shape index (κ3) is 4.87. The van der Waals surface area contributed by atoms with Crippen LogP contribution in [0.5, 0.6) is 5.75 Å². The number of fused-ring (bicyclic) bond motifs is 1. The first kappa shape index (κ1) is 14.4. The van der Waals surface area contributed by atoms with Crippen LogP contribution in [0.25, 0.3) is 0 Å². The van der Waals surface area contributed by atoms with Gasteiger partial charge in [0.25, 0.3) is 0 Å². The second-order valence-corrected chi connectivity index (χ2v) is 5.94. The van der Waals surface area contributed by atoms with Crippen LogP contribution in [0.1, 0.15) is 44.2 Å². The van der Waals surface area contributed by atoms with Crippen molar-refractivity contribution in [3.63, 3.8) is 0 Å². The standard InChI is InChI=1S/C17H27NO/c1-14(2)13-18-10-5-11-19-17-9-8-15-6-3-4-7-16(15)12-17/h8-9,12,14,18H,3-7,10-11,13H2,1-2H3. The molecule has 1 aliphatic rings. The van der Waals surface area contributed by atoms with Gasteiger partial charge in [-0.05, 0) is 74.4 Å². The molecular formula is C17H27NO. The molecule has 0 heterocycles. The minimum Gasteiger partial charge on any atom is -0.494 e. The molecule has 2 heteroatoms. The Balaban J connectivity index is 1.68. The van der Waals surface area contributed by atoms with Gasteiger partial charge in [-0.1, -0.05) is 19.9 Å². The Bertz CT molecular complexity index is 387. The lowest BCUT2D eigenvalue weighted by Crippen LogP contribution is -2.22. The molecule has 2 rings (SSSR count). The van der Waals surface area contributed by atoms with Crippen molar-refractivity contribution in [1.82, 2.24) is 5.32 Å². The fraction of sp³-hybridized carbons (Fsp3) is 0.647. The fourth-order valence-electron chi connectivity index (χ4n) is 2.58. The van der Waals surface area contributed by atoms with Gasteiger partial charge >= 0.3 is 0 Å². The lowest BCUT2D eigenvalue weighted by molar-refractivity contribution is 0.306. The minimum absolute atomic E-state index is 0.724. The number of aryl methyl sites for hydroxylation is 2. The minimum atomic E-state index is 0.724. The molecule has 1 N–H and O–H groups in total. The fourth-order valence-corrected chi connectivity index (χ4v) is 2.58. The van der Waals surface area contributed by atoms with Crippen LogP contribution in [-0.4, -0.2) is 19.7 Å². The summed E-state index contributed by atoms with van der Waals surface area (Å²) in [6.07, 6.45) is 6.21. The van der Waals surface area contributed by atoms with Crippen molar-refractivity contribution in [2.75, 3.05) is 19.7 Å². The number of hydrogen-bond acceptors (Lipinski definition) is 2. The average Bonchev–Trinajstić information content (AvgIpc) is 2.42. The molecule has 0 fully saturated rings. The maximum absolute atomic E-state index is 5.84. The van der Waals surface area contributed by atoms with E-state index in [4.69, 9.17) is 4.74 Å². The molecule has 0 atom stereocenters. The highest BCUT2D eigenvalue weighted by Crippen LogP contribution is 2.25. The zero-order valence-corrected chi connectivity index (χ0v) is 12.4. The number of rotatable bonds is 7. The summed E-state index contributed by atoms with van der Waals surface area (Å²) in [6.45, 7) is 7.42. The molecule has 0 radical (unpaired) electrons. The lowest BCUT2D eigenvalue weighted by Gasteiger charge is -2.17. The molecule has 1 aromatic rings. The van der Waals surface area contributed by atoms with Crippen LogP contribution < -0.4 is 10.1 Å². The van der Waals surface area contributed by atoms with Gasteiger partial charge in [0.1, 0.15) is 5.75 Å². The molecular weight excluding hydrogens is 234 g/mol. The molecule has 0 unspecified atom stereocenters. The average molecular weight is 261 g/mol. The van der Waals surface area contributed by atoms with Crippen LogP contribution in [0.15, 0.2) is 18.2 Å². The summed E-state index contributed by atoms with van der Waals surface area (Å²) >= 11 is 0. The van der Waals surface area contributed by atoms with Crippen molar-refractivity contribution < 1.29 is 4.74 Å². The third-order valence-electron chi connectivity index (χ3n) is 3.64. The first-order valence-electron chi connectivity index (χ1n) is 7.71. The monoisotopic (exact) mass is 261 g/mol. The number of benzene rings is 1. The molecule has 0 saturated carbocycles. The van der Waals surface area contributed by atoms with Gasteiger partial charge in [-0.25, -0.2) is 0 Å². The Morgan fingerprint density at radius 1 is 1.16 bits per heavy atom. The van der Waals surface area contributed by atoms with E-state index in [1.165, 1.54) is 36.8 Å². The van der Waals surface area contributed by atoms with Gasteiger partial charge in [0.05, 0.1) is 6.61 Å². The summed E-state index contributed by atoms with van der Waals surface area (Å²) in [4.78, 5) is 0. The van der Waals surface area contributed by atoms with Crippen molar-refractivity contribution >= 4 is 0 Å². The predicted molar refractivity (Wildman–Crippen MR) is 80.9 cm³/mol. The van der Waals surface area contributed by atoms with Crippen molar-refractivity contribution in [2.24, 2.45) is 5.92 Å². The SMILES string of the molecule is CC(C)CNCCCOc1ccc2c(c1)CCCC2. The van der Waals surface area contributed by atoms with Crippen LogP contribution in [0, 0.1) is 5.92 Å². The van der Waals surface area contributed by atoms with E-state index in [2.05, 4.69) is 37.4 Å². The van der Waals surface area contributed by atoms with Crippen molar-refractivity contribution in [1.29, 1.82) is 0 Å². The summed E-state index contributed by atoms with van der Waals surface area (Å²) in [5.74, 6) is 1.77. The summed E-state index contributed by atoms with van der Waals surface area (Å²) < 4.78 is 5.84. The highest BCUT2D eigenvalue weighted by molar-refractivity contribution is 5.37. The van der Waals surface area contributed by atoms with E-state index in [0.29, 0.717) is 0 Å². The lowest BCUT2D eigenvalue weighted by atomic mass is 9.92. The third-order valence-corrected chi connectivity index (χ3v) is 3.64. The molecule has 0 aliphatic heterocycles. The van der Waals surface area contributed by atoms with Crippen LogP contribution in [0.4, 0.5) is 0 Å². The van der Waals surface area contributed by atoms with E-state index < -0.39 is 0 Å². The van der Waals surface area contributed by atoms with E-state index in [0.717, 1.165) is 37.8 Å². The van der Waals surface area contributed by atoms with E-state index >= 15 is 0 Å². The number of hydrogen-bond donors (Lipinski definition) is 1. The van der Waals surface area contributed by atoms with Gasteiger partial charge in [0, 0.05) is 0 Å². The molecule has 0 spiro atoms. The van der Waals surface area contributed by atoms with Gasteiger partial charge in [-0.15, -0.1) is 0 Å². The summed E-state index contributed by atoms with van der Waals surface area (Å²) in [7, 11) is 0. The van der Waals surface area contributed by atoms with Crippen LogP contribution in [0.3, 0.4) is 0 Å². The molecule has 1 aromatic carbocycles. The normalized spacial score (nSPS) is 14.5. The van der Waals surface area contributed by atoms with Gasteiger partial charge in [0.2, 0.25) is 0 Å². The molecule has 1 aliphatic carbocycles. The molecule has 0 bridgehead atoms. The quantitative estimate of drug-likeness (QED) is 0.758. The van der Waals surface area contributed by atoms with Gasteiger partial charge in [-0.3, -0.25) is 0 Å². The molecule has 0 saturated heterocycles. The zero-order chi connectivity index (χ0) is 13.5. The Labute approximate surface area is 117 Å². The van der Waals surface area contributed by atoms with E-state index in [-0.39, 0.29) is 0 Å². The largest absolute Gasteiger partial charge is 0.494 e. The maximum atomic E-state index is 5.84. The van der Waals surface area contributed by atoms with Gasteiger partial charge in [0.15, 0.2) is 0 Å². The Morgan fingerprint density at radius 2 is 1.95 bits per heavy atom. The Hall–Kier alpha value is -1.02. The zero-order valence-electron chi connectivity index (χ0n) is 12.4. The Kier molecular flexibility index (Phi) is 5.71. The van der Waals surface area contributed by atoms with Gasteiger partial charge < -0.3 is 10.1 Å². The highest BCUT2D eigenvalue weighted by Gasteiger charge is 2.09. The molecule has 0 aromatic heterocycles. The second kappa shape index (κ2) is 7.54. The first-order valence-corrected chi connectivity index (χ1v) is 7.71. The van der Waals surface area contributed by atoms with Crippen LogP contribution >= 0.6 is 0 Å². The van der Waals surface area contributed by atoms with E-state index in [1.54, 1.807) is 0 Å². The maximum Gasteiger partial charge on any atom is 0.119 e. The summed E-state index contributed by atoms with van der Waals surface area (Å²) in [5, 5.41) is 3.44. The van der Waals surface area contributed by atoms with Crippen molar-refractivity contribution in [3.8, 4) is 5.75 Å². The first-order chi connectivity index (χ1) is 9.25. The molecule has 0 amide bonds. The smallest absolute Gasteiger partial charge is 0.119 e. The molecule has 2 nitrogen and oxygen atoms in total. The number of ether oxygens (including phenoxy) is 1. The van der Waals surface area contributed by atoms with Crippen molar-refractivity contribution in [2.45, 2.75) is 46.0 Å². The number of nitrogens with one attached hydrogen (secondary N) is 1. The second-order valence-electron chi connectivity index (χ2n) is 5.94. The molecule has 19 heavy (non-hydrogen) atoms. The van der Waals surface area contributed by atoms with E-state index in [9.17, 15) is 0 Å². The van der Waals surface area contributed by atoms with Crippen LogP contribution in [0.2, 0.25) is 0 Å². The highest BCUT2D eigenvalue weighted by atomic mass is 16.5. The molecule has 106 valence electrons. The van der Waals surface area contributed by atoms with E-state index in [1.807, 2.05) is 0 Å². The summed E-state index contributed by atoms with van der Waals surface area (Å²) in [5.41, 5.74) is 3.03. The summed E-state index contributed by atoms with van der Waals surface area (Å²) in [6, 6.07) is 6.63.